The number of carbonyl (C=O) groups excluding carboxylic acids is 1. The van der Waals surface area contributed by atoms with Gasteiger partial charge in [0.05, 0.1) is 5.69 Å². The Hall–Kier alpha value is -2.48. The van der Waals surface area contributed by atoms with Crippen LogP contribution in [0.15, 0.2) is 42.6 Å². The lowest BCUT2D eigenvalue weighted by atomic mass is 10.2. The van der Waals surface area contributed by atoms with Crippen molar-refractivity contribution in [3.63, 3.8) is 0 Å². The molecule has 2 aromatic rings. The van der Waals surface area contributed by atoms with Crippen LogP contribution < -0.4 is 15.4 Å². The van der Waals surface area contributed by atoms with Crippen molar-refractivity contribution in [1.82, 2.24) is 20.2 Å². The number of benzene rings is 1. The number of amides is 1. The van der Waals surface area contributed by atoms with Crippen LogP contribution in [0.3, 0.4) is 0 Å². The predicted octanol–water partition coefficient (Wildman–Crippen LogP) is 2.29. The summed E-state index contributed by atoms with van der Waals surface area (Å²) in [5.41, 5.74) is -0.00312. The average molecular weight is 348 g/mol. The highest BCUT2D eigenvalue weighted by atomic mass is 32.1. The second-order valence-electron chi connectivity index (χ2n) is 5.58. The van der Waals surface area contributed by atoms with E-state index in [9.17, 15) is 9.18 Å². The number of nitrogens with one attached hydrogen (secondary N) is 2. The molecule has 6 nitrogen and oxygen atoms in total. The lowest BCUT2D eigenvalue weighted by Crippen LogP contribution is -2.45. The van der Waals surface area contributed by atoms with Crippen molar-refractivity contribution in [2.75, 3.05) is 0 Å². The molecular formula is C16H17FN4O2S. The van der Waals surface area contributed by atoms with Crippen LogP contribution in [0.2, 0.25) is 0 Å². The molecule has 0 aliphatic carbocycles. The van der Waals surface area contributed by atoms with Gasteiger partial charge in [0, 0.05) is 30.6 Å². The number of halogens is 1. The number of rotatable bonds is 4. The van der Waals surface area contributed by atoms with Crippen molar-refractivity contribution >= 4 is 18.5 Å². The van der Waals surface area contributed by atoms with Gasteiger partial charge in [0.2, 0.25) is 5.76 Å². The lowest BCUT2D eigenvalue weighted by Gasteiger charge is -2.22. The van der Waals surface area contributed by atoms with Gasteiger partial charge < -0.3 is 15.4 Å². The fraction of sp³-hybridized carbons (Fsp3) is 0.250. The van der Waals surface area contributed by atoms with Crippen LogP contribution in [0, 0.1) is 5.82 Å². The fourth-order valence-electron chi connectivity index (χ4n) is 2.36. The van der Waals surface area contributed by atoms with Gasteiger partial charge in [-0.1, -0.05) is 13.8 Å². The summed E-state index contributed by atoms with van der Waals surface area (Å²) in [7, 11) is 0. The van der Waals surface area contributed by atoms with Crippen LogP contribution in [0.1, 0.15) is 25.6 Å². The summed E-state index contributed by atoms with van der Waals surface area (Å²) in [6.45, 7) is 3.99. The highest BCUT2D eigenvalue weighted by Gasteiger charge is 2.22. The Morgan fingerprint density at radius 1 is 1.42 bits per heavy atom. The molecule has 1 aliphatic heterocycles. The number of nitrogens with zero attached hydrogens (tertiary/aromatic N) is 2. The number of hydrogen-bond acceptors (Lipinski definition) is 5. The molecule has 8 heteroatoms. The van der Waals surface area contributed by atoms with Crippen molar-refractivity contribution in [2.45, 2.75) is 25.3 Å². The van der Waals surface area contributed by atoms with Crippen LogP contribution in [-0.2, 0) is 4.79 Å². The third kappa shape index (κ3) is 3.23. The zero-order valence-electron chi connectivity index (χ0n) is 13.2. The highest BCUT2D eigenvalue weighted by molar-refractivity contribution is 7.80. The summed E-state index contributed by atoms with van der Waals surface area (Å²) >= 11 is 4.10. The monoisotopic (exact) mass is 348 g/mol. The topological polar surface area (TPSA) is 68.2 Å². The van der Waals surface area contributed by atoms with Gasteiger partial charge in [0.25, 0.3) is 5.91 Å². The molecule has 3 rings (SSSR count). The first-order valence-electron chi connectivity index (χ1n) is 7.42. The molecular weight excluding hydrogens is 331 g/mol. The van der Waals surface area contributed by atoms with E-state index in [1.54, 1.807) is 17.0 Å². The third-order valence-electron chi connectivity index (χ3n) is 3.45. The van der Waals surface area contributed by atoms with Crippen molar-refractivity contribution < 1.29 is 13.9 Å². The maximum Gasteiger partial charge on any atom is 0.290 e. The number of hydrogen-bond donors (Lipinski definition) is 3. The van der Waals surface area contributed by atoms with E-state index in [0.717, 1.165) is 5.82 Å². The van der Waals surface area contributed by atoms with Crippen molar-refractivity contribution in [3.05, 3.63) is 54.2 Å². The van der Waals surface area contributed by atoms with Crippen LogP contribution in [0.5, 0.6) is 5.75 Å². The van der Waals surface area contributed by atoms with E-state index < -0.39 is 17.2 Å². The Labute approximate surface area is 144 Å². The summed E-state index contributed by atoms with van der Waals surface area (Å²) in [5.74, 6) is 0.507. The van der Waals surface area contributed by atoms with Gasteiger partial charge in [0.15, 0.2) is 5.75 Å². The minimum atomic E-state index is -0.473. The highest BCUT2D eigenvalue weighted by Crippen LogP contribution is 2.29. The van der Waals surface area contributed by atoms with Crippen LogP contribution in [0.4, 0.5) is 4.39 Å². The molecule has 0 fully saturated rings. The summed E-state index contributed by atoms with van der Waals surface area (Å²) in [5, 5.41) is 5.40. The molecule has 1 aliphatic rings. The first kappa shape index (κ1) is 16.4. The first-order chi connectivity index (χ1) is 11.5. The predicted molar refractivity (Wildman–Crippen MR) is 90.4 cm³/mol. The van der Waals surface area contributed by atoms with Crippen molar-refractivity contribution in [1.29, 1.82) is 0 Å². The van der Waals surface area contributed by atoms with E-state index in [-0.39, 0.29) is 11.7 Å². The lowest BCUT2D eigenvalue weighted by molar-refractivity contribution is -0.120. The zero-order valence-corrected chi connectivity index (χ0v) is 14.0. The van der Waals surface area contributed by atoms with E-state index in [1.165, 1.54) is 24.4 Å². The summed E-state index contributed by atoms with van der Waals surface area (Å²) in [4.78, 5) is 16.3. The number of aromatic nitrogens is 2. The molecule has 0 saturated heterocycles. The van der Waals surface area contributed by atoms with Crippen molar-refractivity contribution in [2.24, 2.45) is 0 Å². The Balaban J connectivity index is 2.01. The molecule has 1 aromatic heterocycles. The molecule has 1 atom stereocenters. The van der Waals surface area contributed by atoms with E-state index in [1.807, 2.05) is 13.8 Å². The van der Waals surface area contributed by atoms with Gasteiger partial charge in [-0.3, -0.25) is 9.36 Å². The largest absolute Gasteiger partial charge is 0.448 e. The number of carbonyl (C=O) groups is 1. The Morgan fingerprint density at radius 2 is 2.21 bits per heavy atom. The SMILES string of the molecule is CC(C)c1nccn1-c1cc(F)ccc1OC1=CNC(S)NC1=O. The van der Waals surface area contributed by atoms with E-state index >= 15 is 0 Å². The quantitative estimate of drug-likeness (QED) is 0.742. The zero-order chi connectivity index (χ0) is 17.3. The second-order valence-corrected chi connectivity index (χ2v) is 6.09. The Bertz CT molecular complexity index is 803. The van der Waals surface area contributed by atoms with E-state index in [4.69, 9.17) is 4.74 Å². The normalized spacial score (nSPS) is 17.3. The van der Waals surface area contributed by atoms with Crippen LogP contribution >= 0.6 is 12.6 Å². The van der Waals surface area contributed by atoms with Gasteiger partial charge in [-0.25, -0.2) is 9.37 Å². The number of thiol groups is 1. The standard InChI is InChI=1S/C16H17FN4O2S/c1-9(2)14-18-5-6-21(14)11-7-10(17)3-4-12(11)23-13-8-19-16(24)20-15(13)22/h3-9,16,19,24H,1-2H3,(H,20,22). The van der Waals surface area contributed by atoms with Gasteiger partial charge in [0.1, 0.15) is 17.1 Å². The molecule has 1 amide bonds. The van der Waals surface area contributed by atoms with Crippen LogP contribution in [-0.4, -0.2) is 21.0 Å². The van der Waals surface area contributed by atoms with E-state index in [2.05, 4.69) is 28.2 Å². The van der Waals surface area contributed by atoms with E-state index in [0.29, 0.717) is 11.4 Å². The van der Waals surface area contributed by atoms with Crippen LogP contribution in [0.25, 0.3) is 5.69 Å². The minimum Gasteiger partial charge on any atom is -0.448 e. The Kier molecular flexibility index (Phi) is 4.48. The third-order valence-corrected chi connectivity index (χ3v) is 3.73. The molecule has 2 heterocycles. The Morgan fingerprint density at radius 3 is 2.92 bits per heavy atom. The van der Waals surface area contributed by atoms with Gasteiger partial charge in [-0.05, 0) is 12.1 Å². The maximum absolute atomic E-state index is 13.8. The van der Waals surface area contributed by atoms with Gasteiger partial charge in [-0.15, -0.1) is 12.6 Å². The first-order valence-corrected chi connectivity index (χ1v) is 7.93. The smallest absolute Gasteiger partial charge is 0.290 e. The number of imidazole rings is 1. The van der Waals surface area contributed by atoms with Gasteiger partial charge in [-0.2, -0.15) is 0 Å². The molecule has 0 saturated carbocycles. The molecule has 0 bridgehead atoms. The molecule has 24 heavy (non-hydrogen) atoms. The number of ether oxygens (including phenoxy) is 1. The second kappa shape index (κ2) is 6.56. The average Bonchev–Trinajstić information content (AvgIpc) is 3.01. The minimum absolute atomic E-state index is 0.0689. The molecule has 1 unspecified atom stereocenters. The summed E-state index contributed by atoms with van der Waals surface area (Å²) < 4.78 is 21.2. The molecule has 2 N–H and O–H groups in total. The van der Waals surface area contributed by atoms with Crippen molar-refractivity contribution in [3.8, 4) is 11.4 Å². The molecule has 0 radical (unpaired) electrons. The summed E-state index contributed by atoms with van der Waals surface area (Å²) in [6, 6.07) is 4.11. The van der Waals surface area contributed by atoms with Gasteiger partial charge >= 0.3 is 0 Å². The fourth-order valence-corrected chi connectivity index (χ4v) is 2.55. The molecule has 126 valence electrons. The molecule has 0 spiro atoms. The maximum atomic E-state index is 13.8. The summed E-state index contributed by atoms with van der Waals surface area (Å²) in [6.07, 6.45) is 4.80. The molecule has 1 aromatic carbocycles.